The van der Waals surface area contributed by atoms with E-state index in [-0.39, 0.29) is 35.9 Å². The summed E-state index contributed by atoms with van der Waals surface area (Å²) < 4.78 is 5.42. The van der Waals surface area contributed by atoms with Crippen LogP contribution in [0.4, 0.5) is 0 Å². The molecule has 1 saturated carbocycles. The zero-order valence-corrected chi connectivity index (χ0v) is 21.6. The monoisotopic (exact) mass is 555 g/mol. The number of aliphatic imine (C=N–C) groups is 1. The maximum Gasteiger partial charge on any atom is 0.225 e. The predicted octanol–water partition coefficient (Wildman–Crippen LogP) is 2.59. The van der Waals surface area contributed by atoms with Gasteiger partial charge in [-0.05, 0) is 30.4 Å². The summed E-state index contributed by atoms with van der Waals surface area (Å²) in [6, 6.07) is 9.08. The normalized spacial score (nSPS) is 22.6. The largest absolute Gasteiger partial charge is 0.379 e. The number of nitrogens with one attached hydrogen (secondary N) is 2. The fourth-order valence-corrected chi connectivity index (χ4v) is 4.86. The second kappa shape index (κ2) is 12.7. The fraction of sp³-hybridized carbons (Fsp3) is 0.667. The maximum absolute atomic E-state index is 12.7. The Bertz CT molecular complexity index is 745. The highest BCUT2D eigenvalue weighted by molar-refractivity contribution is 14.0. The number of ether oxygens (including phenoxy) is 1. The van der Waals surface area contributed by atoms with Crippen LogP contribution in [0.5, 0.6) is 0 Å². The van der Waals surface area contributed by atoms with E-state index in [0.29, 0.717) is 5.91 Å². The van der Waals surface area contributed by atoms with Crippen molar-refractivity contribution < 1.29 is 9.53 Å². The number of hydrogen-bond donors (Lipinski definition) is 2. The molecule has 0 bridgehead atoms. The number of morpholine rings is 1. The molecule has 8 heteroatoms. The molecule has 1 aromatic rings. The van der Waals surface area contributed by atoms with Crippen LogP contribution in [0.15, 0.2) is 29.3 Å². The van der Waals surface area contributed by atoms with Crippen molar-refractivity contribution in [3.8, 4) is 0 Å². The molecule has 32 heavy (non-hydrogen) atoms. The van der Waals surface area contributed by atoms with E-state index in [1.54, 1.807) is 7.05 Å². The van der Waals surface area contributed by atoms with E-state index in [4.69, 9.17) is 4.74 Å². The third kappa shape index (κ3) is 7.05. The molecule has 4 rings (SSSR count). The Morgan fingerprint density at radius 2 is 1.75 bits per heavy atom. The Morgan fingerprint density at radius 3 is 2.44 bits per heavy atom. The van der Waals surface area contributed by atoms with Gasteiger partial charge in [-0.15, -0.1) is 24.0 Å². The van der Waals surface area contributed by atoms with Gasteiger partial charge < -0.3 is 20.3 Å². The molecule has 0 aromatic heterocycles. The highest BCUT2D eigenvalue weighted by Gasteiger charge is 2.32. The van der Waals surface area contributed by atoms with Gasteiger partial charge in [0.25, 0.3) is 0 Å². The number of nitrogens with zero attached hydrogens (tertiary/aromatic N) is 3. The second-order valence-electron chi connectivity index (χ2n) is 9.03. The standard InChI is InChI=1S/C24H37N5O2.HI/c1-25-24(27-22-10-11-29(18-22)23(30)21-4-2-3-5-21)26-16-19-6-8-20(9-7-19)17-28-12-14-31-15-13-28;/h6-9,21-22H,2-5,10-18H2,1H3,(H2,25,26,27);1H. The maximum atomic E-state index is 12.7. The first-order valence-electron chi connectivity index (χ1n) is 11.8. The van der Waals surface area contributed by atoms with Crippen LogP contribution in [-0.2, 0) is 22.6 Å². The van der Waals surface area contributed by atoms with Crippen LogP contribution in [0.1, 0.15) is 43.2 Å². The first-order valence-corrected chi connectivity index (χ1v) is 11.8. The first kappa shape index (κ1) is 25.2. The number of benzene rings is 1. The fourth-order valence-electron chi connectivity index (χ4n) is 4.86. The molecule has 0 spiro atoms. The molecule has 7 nitrogen and oxygen atoms in total. The molecule has 1 amide bonds. The number of amides is 1. The van der Waals surface area contributed by atoms with Crippen molar-refractivity contribution >= 4 is 35.8 Å². The molecule has 1 aliphatic carbocycles. The van der Waals surface area contributed by atoms with Gasteiger partial charge in [-0.2, -0.15) is 0 Å². The minimum atomic E-state index is 0. The SMILES string of the molecule is CN=C(NCc1ccc(CN2CCOCC2)cc1)NC1CCN(C(=O)C2CCCC2)C1.I. The minimum absolute atomic E-state index is 0. The summed E-state index contributed by atoms with van der Waals surface area (Å²) in [5, 5.41) is 6.92. The first-order chi connectivity index (χ1) is 15.2. The molecule has 178 valence electrons. The van der Waals surface area contributed by atoms with Crippen molar-refractivity contribution in [3.63, 3.8) is 0 Å². The number of carbonyl (C=O) groups excluding carboxylic acids is 1. The van der Waals surface area contributed by atoms with Crippen molar-refractivity contribution in [2.75, 3.05) is 46.4 Å². The van der Waals surface area contributed by atoms with Crippen LogP contribution in [0.2, 0.25) is 0 Å². The van der Waals surface area contributed by atoms with E-state index in [0.717, 1.165) is 77.7 Å². The van der Waals surface area contributed by atoms with Gasteiger partial charge in [-0.25, -0.2) is 0 Å². The number of likely N-dealkylation sites (tertiary alicyclic amines) is 1. The average Bonchev–Trinajstić information content (AvgIpc) is 3.50. The molecule has 2 aliphatic heterocycles. The van der Waals surface area contributed by atoms with Crippen LogP contribution in [0.3, 0.4) is 0 Å². The number of carbonyl (C=O) groups is 1. The topological polar surface area (TPSA) is 69.2 Å². The second-order valence-corrected chi connectivity index (χ2v) is 9.03. The smallest absolute Gasteiger partial charge is 0.225 e. The minimum Gasteiger partial charge on any atom is -0.379 e. The van der Waals surface area contributed by atoms with E-state index >= 15 is 0 Å². The molecule has 2 N–H and O–H groups in total. The van der Waals surface area contributed by atoms with Crippen molar-refractivity contribution in [2.45, 2.75) is 51.2 Å². The van der Waals surface area contributed by atoms with Gasteiger partial charge >= 0.3 is 0 Å². The highest BCUT2D eigenvalue weighted by Crippen LogP contribution is 2.27. The number of guanidine groups is 1. The molecular formula is C24H38IN5O2. The number of hydrogen-bond acceptors (Lipinski definition) is 4. The zero-order valence-electron chi connectivity index (χ0n) is 19.2. The van der Waals surface area contributed by atoms with Crippen molar-refractivity contribution in [2.24, 2.45) is 10.9 Å². The zero-order chi connectivity index (χ0) is 21.5. The Hall–Kier alpha value is -1.39. The molecule has 3 aliphatic rings. The Kier molecular flexibility index (Phi) is 10.1. The van der Waals surface area contributed by atoms with Crippen LogP contribution < -0.4 is 10.6 Å². The predicted molar refractivity (Wildman–Crippen MR) is 138 cm³/mol. The third-order valence-electron chi connectivity index (χ3n) is 6.76. The van der Waals surface area contributed by atoms with E-state index in [2.05, 4.69) is 44.8 Å². The summed E-state index contributed by atoms with van der Waals surface area (Å²) in [6.07, 6.45) is 5.53. The Morgan fingerprint density at radius 1 is 1.06 bits per heavy atom. The average molecular weight is 556 g/mol. The summed E-state index contributed by atoms with van der Waals surface area (Å²) in [5.41, 5.74) is 2.57. The molecule has 1 unspecified atom stereocenters. The number of halogens is 1. The number of rotatable bonds is 6. The molecule has 3 fully saturated rings. The van der Waals surface area contributed by atoms with Crippen LogP contribution in [0, 0.1) is 5.92 Å². The van der Waals surface area contributed by atoms with Crippen molar-refractivity contribution in [3.05, 3.63) is 35.4 Å². The molecule has 2 heterocycles. The molecular weight excluding hydrogens is 517 g/mol. The summed E-state index contributed by atoms with van der Waals surface area (Å²) in [6.45, 7) is 7.05. The lowest BCUT2D eigenvalue weighted by atomic mass is 10.1. The van der Waals surface area contributed by atoms with Crippen LogP contribution >= 0.6 is 24.0 Å². The van der Waals surface area contributed by atoms with E-state index in [1.807, 2.05) is 4.90 Å². The third-order valence-corrected chi connectivity index (χ3v) is 6.76. The highest BCUT2D eigenvalue weighted by atomic mass is 127. The van der Waals surface area contributed by atoms with Gasteiger partial charge in [-0.3, -0.25) is 14.7 Å². The van der Waals surface area contributed by atoms with Gasteiger partial charge in [0.05, 0.1) is 13.2 Å². The van der Waals surface area contributed by atoms with Gasteiger partial charge in [0.15, 0.2) is 5.96 Å². The lowest BCUT2D eigenvalue weighted by Gasteiger charge is -2.26. The van der Waals surface area contributed by atoms with Crippen LogP contribution in [-0.4, -0.2) is 74.1 Å². The van der Waals surface area contributed by atoms with Crippen molar-refractivity contribution in [1.82, 2.24) is 20.4 Å². The van der Waals surface area contributed by atoms with Gasteiger partial charge in [0, 0.05) is 58.3 Å². The van der Waals surface area contributed by atoms with E-state index < -0.39 is 0 Å². The van der Waals surface area contributed by atoms with Crippen molar-refractivity contribution in [1.29, 1.82) is 0 Å². The van der Waals surface area contributed by atoms with Gasteiger partial charge in [0.1, 0.15) is 0 Å². The molecule has 2 saturated heterocycles. The lowest BCUT2D eigenvalue weighted by Crippen LogP contribution is -2.45. The van der Waals surface area contributed by atoms with Gasteiger partial charge in [-0.1, -0.05) is 37.1 Å². The molecule has 0 radical (unpaired) electrons. The summed E-state index contributed by atoms with van der Waals surface area (Å²) >= 11 is 0. The van der Waals surface area contributed by atoms with E-state index in [9.17, 15) is 4.79 Å². The Balaban J connectivity index is 0.00000289. The molecule has 1 aromatic carbocycles. The lowest BCUT2D eigenvalue weighted by molar-refractivity contribution is -0.134. The van der Waals surface area contributed by atoms with E-state index in [1.165, 1.54) is 24.0 Å². The van der Waals surface area contributed by atoms with Crippen LogP contribution in [0.25, 0.3) is 0 Å². The summed E-state index contributed by atoms with van der Waals surface area (Å²) in [4.78, 5) is 21.5. The van der Waals surface area contributed by atoms with Gasteiger partial charge in [0.2, 0.25) is 5.91 Å². The molecule has 1 atom stereocenters. The quantitative estimate of drug-likeness (QED) is 0.321. The summed E-state index contributed by atoms with van der Waals surface area (Å²) in [5.74, 6) is 1.43. The Labute approximate surface area is 209 Å². The summed E-state index contributed by atoms with van der Waals surface area (Å²) in [7, 11) is 1.80.